The highest BCUT2D eigenvalue weighted by Gasteiger charge is 2.33. The van der Waals surface area contributed by atoms with Crippen LogP contribution >= 0.6 is 0 Å². The molecule has 0 spiro atoms. The maximum Gasteiger partial charge on any atom is 0.341 e. The van der Waals surface area contributed by atoms with Crippen LogP contribution in [0.25, 0.3) is 21.9 Å². The summed E-state index contributed by atoms with van der Waals surface area (Å²) in [5.41, 5.74) is 3.56. The van der Waals surface area contributed by atoms with Gasteiger partial charge < -0.3 is 19.5 Å². The fourth-order valence-electron chi connectivity index (χ4n) is 4.51. The number of esters is 2. The van der Waals surface area contributed by atoms with E-state index in [0.29, 0.717) is 44.6 Å². The number of hydrogen-bond donors (Lipinski definition) is 1. The van der Waals surface area contributed by atoms with Gasteiger partial charge in [0.1, 0.15) is 11.8 Å². The minimum atomic E-state index is -0.679. The van der Waals surface area contributed by atoms with E-state index in [2.05, 4.69) is 11.4 Å². The van der Waals surface area contributed by atoms with Crippen LogP contribution < -0.4 is 10.1 Å². The second kappa shape index (κ2) is 10.4. The zero-order chi connectivity index (χ0) is 25.8. The fraction of sp³-hybridized carbons (Fsp3) is 0.207. The Labute approximate surface area is 209 Å². The summed E-state index contributed by atoms with van der Waals surface area (Å²) in [6.45, 7) is 5.42. The Kier molecular flexibility index (Phi) is 7.07. The number of aryl methyl sites for hydroxylation is 1. The lowest BCUT2D eigenvalue weighted by Gasteiger charge is -2.19. The molecular weight excluding hydrogens is 456 g/mol. The number of anilines is 2. The normalized spacial score (nSPS) is 10.6. The van der Waals surface area contributed by atoms with Gasteiger partial charge >= 0.3 is 11.9 Å². The van der Waals surface area contributed by atoms with Crippen LogP contribution in [-0.4, -0.2) is 32.3 Å². The third kappa shape index (κ3) is 4.18. The second-order valence-corrected chi connectivity index (χ2v) is 8.02. The van der Waals surface area contributed by atoms with Crippen LogP contribution in [0.4, 0.5) is 11.4 Å². The number of methoxy groups -OCH3 is 1. The van der Waals surface area contributed by atoms with Crippen LogP contribution in [-0.2, 0) is 9.47 Å². The molecule has 0 unspecified atom stereocenters. The summed E-state index contributed by atoms with van der Waals surface area (Å²) < 4.78 is 16.0. The highest BCUT2D eigenvalue weighted by atomic mass is 16.5. The maximum absolute atomic E-state index is 13.4. The van der Waals surface area contributed by atoms with E-state index in [1.54, 1.807) is 52.1 Å². The average Bonchev–Trinajstić information content (AvgIpc) is 3.00. The highest BCUT2D eigenvalue weighted by molar-refractivity contribution is 6.23. The van der Waals surface area contributed by atoms with Gasteiger partial charge in [-0.3, -0.25) is 0 Å². The van der Waals surface area contributed by atoms with E-state index in [0.717, 1.165) is 5.56 Å². The van der Waals surface area contributed by atoms with E-state index >= 15 is 0 Å². The first-order chi connectivity index (χ1) is 17.5. The van der Waals surface area contributed by atoms with Gasteiger partial charge in [0.15, 0.2) is 0 Å². The van der Waals surface area contributed by atoms with Crippen molar-refractivity contribution in [1.82, 2.24) is 0 Å². The molecule has 0 saturated carbocycles. The number of carbonyl (C=O) groups is 2. The molecule has 0 saturated heterocycles. The smallest absolute Gasteiger partial charge is 0.341 e. The molecule has 2 aromatic carbocycles. The van der Waals surface area contributed by atoms with Crippen molar-refractivity contribution >= 4 is 34.1 Å². The van der Waals surface area contributed by atoms with E-state index in [1.807, 2.05) is 30.3 Å². The van der Waals surface area contributed by atoms with Crippen LogP contribution in [0.3, 0.4) is 0 Å². The SMILES string of the molecule is CCOC(=O)c1c(C(=O)OCC)c(Nc2ccc(OC)cc2)c2c(C#N)c3cccccc-3c2c1C. The molecule has 0 fully saturated rings. The monoisotopic (exact) mass is 482 g/mol. The number of benzene rings is 2. The minimum Gasteiger partial charge on any atom is -0.497 e. The van der Waals surface area contributed by atoms with Crippen LogP contribution in [0.15, 0.2) is 54.6 Å². The lowest BCUT2D eigenvalue weighted by molar-refractivity contribution is 0.0479. The summed E-state index contributed by atoms with van der Waals surface area (Å²) in [6.07, 6.45) is 0. The van der Waals surface area contributed by atoms with Crippen molar-refractivity contribution in [3.05, 3.63) is 76.9 Å². The molecule has 0 amide bonds. The molecule has 7 nitrogen and oxygen atoms in total. The van der Waals surface area contributed by atoms with Crippen molar-refractivity contribution < 1.29 is 23.8 Å². The first-order valence-electron chi connectivity index (χ1n) is 11.6. The second-order valence-electron chi connectivity index (χ2n) is 8.02. The van der Waals surface area contributed by atoms with Crippen molar-refractivity contribution in [3.63, 3.8) is 0 Å². The Bertz CT molecular complexity index is 1470. The molecule has 0 bridgehead atoms. The van der Waals surface area contributed by atoms with Gasteiger partial charge in [0, 0.05) is 16.6 Å². The van der Waals surface area contributed by atoms with Crippen LogP contribution in [0.5, 0.6) is 5.75 Å². The summed E-state index contributed by atoms with van der Waals surface area (Å²) in [7, 11) is 1.57. The summed E-state index contributed by atoms with van der Waals surface area (Å²) >= 11 is 0. The van der Waals surface area contributed by atoms with Crippen molar-refractivity contribution in [3.8, 4) is 22.9 Å². The Morgan fingerprint density at radius 1 is 0.861 bits per heavy atom. The highest BCUT2D eigenvalue weighted by Crippen LogP contribution is 2.47. The third-order valence-electron chi connectivity index (χ3n) is 6.01. The van der Waals surface area contributed by atoms with Gasteiger partial charge in [-0.25, -0.2) is 9.59 Å². The summed E-state index contributed by atoms with van der Waals surface area (Å²) in [4.78, 5) is 26.6. The van der Waals surface area contributed by atoms with E-state index in [4.69, 9.17) is 14.2 Å². The number of fused-ring (bicyclic) bond motifs is 3. The molecule has 0 radical (unpaired) electrons. The van der Waals surface area contributed by atoms with Crippen molar-refractivity contribution in [2.45, 2.75) is 20.8 Å². The van der Waals surface area contributed by atoms with E-state index in [1.165, 1.54) is 0 Å². The summed E-state index contributed by atoms with van der Waals surface area (Å²) in [5, 5.41) is 14.8. The molecule has 7 heteroatoms. The van der Waals surface area contributed by atoms with Gasteiger partial charge in [-0.1, -0.05) is 30.3 Å². The fourth-order valence-corrected chi connectivity index (χ4v) is 4.51. The molecule has 0 atom stereocenters. The van der Waals surface area contributed by atoms with Crippen LogP contribution in [0.2, 0.25) is 0 Å². The Morgan fingerprint density at radius 2 is 1.47 bits per heavy atom. The largest absolute Gasteiger partial charge is 0.497 e. The molecule has 36 heavy (non-hydrogen) atoms. The molecule has 1 N–H and O–H groups in total. The molecular formula is C29H26N2O5. The first-order valence-corrected chi connectivity index (χ1v) is 11.6. The number of carbonyl (C=O) groups excluding carboxylic acids is 2. The predicted octanol–water partition coefficient (Wildman–Crippen LogP) is 6.23. The van der Waals surface area contributed by atoms with Gasteiger partial charge in [-0.05, 0) is 61.5 Å². The zero-order valence-electron chi connectivity index (χ0n) is 20.6. The lowest BCUT2D eigenvalue weighted by atomic mass is 9.92. The Morgan fingerprint density at radius 3 is 2.06 bits per heavy atom. The van der Waals surface area contributed by atoms with Crippen molar-refractivity contribution in [2.75, 3.05) is 25.6 Å². The molecule has 0 aromatic heterocycles. The Balaban J connectivity index is 2.19. The average molecular weight is 483 g/mol. The quantitative estimate of drug-likeness (QED) is 0.312. The standard InChI is InChI=1S/C29H26N2O5/c1-5-35-28(32)24-17(3)23-21-11-9-7-8-10-20(21)22(16-30)25(23)27(26(24)29(33)36-6-2)31-18-12-14-19(34-4)15-13-18/h7-15,31H,5-6H2,1-4H3. The molecule has 0 aliphatic heterocycles. The van der Waals surface area contributed by atoms with E-state index in [-0.39, 0.29) is 24.3 Å². The molecule has 0 heterocycles. The molecule has 2 aliphatic carbocycles. The number of hydrogen-bond acceptors (Lipinski definition) is 7. The molecule has 2 aromatic rings. The van der Waals surface area contributed by atoms with Crippen molar-refractivity contribution in [1.29, 1.82) is 5.26 Å². The number of rotatable bonds is 7. The van der Waals surface area contributed by atoms with Crippen LogP contribution in [0, 0.1) is 18.3 Å². The number of nitrogens with one attached hydrogen (secondary N) is 1. The van der Waals surface area contributed by atoms with Gasteiger partial charge in [0.25, 0.3) is 0 Å². The topological polar surface area (TPSA) is 97.7 Å². The third-order valence-corrected chi connectivity index (χ3v) is 6.01. The maximum atomic E-state index is 13.4. The minimum absolute atomic E-state index is 0.0345. The Hall–Kier alpha value is -4.57. The van der Waals surface area contributed by atoms with Gasteiger partial charge in [0.2, 0.25) is 0 Å². The molecule has 2 aliphatic rings. The lowest BCUT2D eigenvalue weighted by Crippen LogP contribution is -2.18. The summed E-state index contributed by atoms with van der Waals surface area (Å²) in [6, 6.07) is 18.8. The zero-order valence-corrected chi connectivity index (χ0v) is 20.6. The molecule has 4 rings (SSSR count). The van der Waals surface area contributed by atoms with Crippen molar-refractivity contribution in [2.24, 2.45) is 0 Å². The first kappa shape index (κ1) is 24.6. The number of nitriles is 1. The number of nitrogens with zero attached hydrogens (tertiary/aromatic N) is 1. The summed E-state index contributed by atoms with van der Waals surface area (Å²) in [5.74, 6) is -0.649. The van der Waals surface area contributed by atoms with Gasteiger partial charge in [-0.15, -0.1) is 0 Å². The number of ether oxygens (including phenoxy) is 3. The van der Waals surface area contributed by atoms with Gasteiger partial charge in [-0.2, -0.15) is 5.26 Å². The predicted molar refractivity (Wildman–Crippen MR) is 138 cm³/mol. The van der Waals surface area contributed by atoms with E-state index in [9.17, 15) is 14.9 Å². The van der Waals surface area contributed by atoms with Gasteiger partial charge in [0.05, 0.1) is 42.7 Å². The molecule has 182 valence electrons. The van der Waals surface area contributed by atoms with Crippen LogP contribution in [0.1, 0.15) is 45.7 Å². The van der Waals surface area contributed by atoms with E-state index < -0.39 is 11.9 Å².